The van der Waals surface area contributed by atoms with Crippen LogP contribution in [0.5, 0.6) is 0 Å². The van der Waals surface area contributed by atoms with Gasteiger partial charge in [-0.05, 0) is 26.0 Å². The number of imide groups is 1. The van der Waals surface area contributed by atoms with E-state index in [1.165, 1.54) is 4.90 Å². The lowest BCUT2D eigenvalue weighted by Gasteiger charge is -2.24. The summed E-state index contributed by atoms with van der Waals surface area (Å²) in [5, 5.41) is 5.07. The standard InChI is InChI=1S/C20H28N4O6/c1-3-21-19(27)29-13-11-23(12-14-30-20(28)22-4-2)9-10-24-17(25)15-7-5-6-8-16(15)18(24)26/h5-8H,3-4,9-14H2,1-2H3,(H,21,27)(H,22,28). The number of carbonyl (C=O) groups excluding carboxylic acids is 4. The smallest absolute Gasteiger partial charge is 0.407 e. The minimum Gasteiger partial charge on any atom is -0.448 e. The number of rotatable bonds is 11. The number of alkyl carbamates (subject to hydrolysis) is 2. The van der Waals surface area contributed by atoms with Crippen molar-refractivity contribution in [3.8, 4) is 0 Å². The van der Waals surface area contributed by atoms with Crippen molar-refractivity contribution in [1.29, 1.82) is 0 Å². The van der Waals surface area contributed by atoms with Crippen LogP contribution in [-0.2, 0) is 9.47 Å². The fraction of sp³-hybridized carbons (Fsp3) is 0.500. The largest absolute Gasteiger partial charge is 0.448 e. The van der Waals surface area contributed by atoms with Crippen molar-refractivity contribution in [2.45, 2.75) is 13.8 Å². The summed E-state index contributed by atoms with van der Waals surface area (Å²) in [6, 6.07) is 6.70. The predicted octanol–water partition coefficient (Wildman–Crippen LogP) is 1.08. The maximum absolute atomic E-state index is 12.5. The molecule has 2 rings (SSSR count). The van der Waals surface area contributed by atoms with Gasteiger partial charge in [0.05, 0.1) is 11.1 Å². The third kappa shape index (κ3) is 6.45. The molecule has 0 spiro atoms. The minimum absolute atomic E-state index is 0.120. The van der Waals surface area contributed by atoms with Crippen LogP contribution in [0.2, 0.25) is 0 Å². The van der Waals surface area contributed by atoms with Crippen LogP contribution >= 0.6 is 0 Å². The Morgan fingerprint density at radius 3 is 1.77 bits per heavy atom. The molecule has 0 saturated heterocycles. The second-order valence-electron chi connectivity index (χ2n) is 6.48. The molecule has 0 fully saturated rings. The Morgan fingerprint density at radius 1 is 0.867 bits per heavy atom. The maximum atomic E-state index is 12.5. The first kappa shape index (κ1) is 23.1. The molecule has 0 saturated carbocycles. The summed E-state index contributed by atoms with van der Waals surface area (Å²) in [5.41, 5.74) is 0.793. The summed E-state index contributed by atoms with van der Waals surface area (Å²) in [6.45, 7) is 5.98. The Morgan fingerprint density at radius 2 is 1.33 bits per heavy atom. The van der Waals surface area contributed by atoms with E-state index in [0.717, 1.165) is 0 Å². The van der Waals surface area contributed by atoms with Crippen LogP contribution in [0.3, 0.4) is 0 Å². The van der Waals surface area contributed by atoms with Gasteiger partial charge in [-0.15, -0.1) is 0 Å². The van der Waals surface area contributed by atoms with E-state index >= 15 is 0 Å². The normalized spacial score (nSPS) is 12.7. The highest BCUT2D eigenvalue weighted by Gasteiger charge is 2.34. The lowest BCUT2D eigenvalue weighted by molar-refractivity contribution is 0.0621. The van der Waals surface area contributed by atoms with E-state index in [2.05, 4.69) is 10.6 Å². The van der Waals surface area contributed by atoms with E-state index < -0.39 is 12.2 Å². The fourth-order valence-corrected chi connectivity index (χ4v) is 2.94. The minimum atomic E-state index is -0.517. The van der Waals surface area contributed by atoms with E-state index in [1.54, 1.807) is 38.1 Å². The molecule has 2 N–H and O–H groups in total. The molecule has 0 radical (unpaired) electrons. The molecular formula is C20H28N4O6. The first-order valence-electron chi connectivity index (χ1n) is 9.96. The third-order valence-corrected chi connectivity index (χ3v) is 4.44. The maximum Gasteiger partial charge on any atom is 0.407 e. The monoisotopic (exact) mass is 420 g/mol. The lowest BCUT2D eigenvalue weighted by Crippen LogP contribution is -2.41. The van der Waals surface area contributed by atoms with Crippen LogP contribution in [-0.4, -0.2) is 86.3 Å². The molecule has 1 heterocycles. The topological polar surface area (TPSA) is 117 Å². The molecule has 0 atom stereocenters. The zero-order valence-corrected chi connectivity index (χ0v) is 17.3. The van der Waals surface area contributed by atoms with E-state index in [9.17, 15) is 19.2 Å². The summed E-state index contributed by atoms with van der Waals surface area (Å²) in [4.78, 5) is 51.0. The van der Waals surface area contributed by atoms with Gasteiger partial charge in [0, 0.05) is 39.3 Å². The van der Waals surface area contributed by atoms with Crippen molar-refractivity contribution in [3.63, 3.8) is 0 Å². The van der Waals surface area contributed by atoms with Crippen LogP contribution in [0, 0.1) is 0 Å². The zero-order chi connectivity index (χ0) is 21.9. The molecule has 0 unspecified atom stereocenters. The molecule has 1 aliphatic rings. The molecule has 10 heteroatoms. The Labute approximate surface area is 175 Å². The molecule has 164 valence electrons. The van der Waals surface area contributed by atoms with Gasteiger partial charge in [-0.2, -0.15) is 0 Å². The van der Waals surface area contributed by atoms with Crippen LogP contribution in [0.25, 0.3) is 0 Å². The number of nitrogens with zero attached hydrogens (tertiary/aromatic N) is 2. The summed E-state index contributed by atoms with van der Waals surface area (Å²) >= 11 is 0. The molecule has 4 amide bonds. The van der Waals surface area contributed by atoms with Gasteiger partial charge in [-0.25, -0.2) is 9.59 Å². The Hall–Kier alpha value is -3.14. The Kier molecular flexibility index (Phi) is 9.07. The number of amides is 4. The van der Waals surface area contributed by atoms with E-state index in [0.29, 0.717) is 43.9 Å². The van der Waals surface area contributed by atoms with E-state index in [-0.39, 0.29) is 31.6 Å². The molecule has 10 nitrogen and oxygen atoms in total. The van der Waals surface area contributed by atoms with Crippen LogP contribution in [0.15, 0.2) is 24.3 Å². The average Bonchev–Trinajstić information content (AvgIpc) is 2.96. The highest BCUT2D eigenvalue weighted by atomic mass is 16.6. The number of hydrogen-bond acceptors (Lipinski definition) is 7. The SMILES string of the molecule is CCNC(=O)OCCN(CCOC(=O)NCC)CCN1C(=O)c2ccccc2C1=O. The van der Waals surface area contributed by atoms with Crippen molar-refractivity contribution in [3.05, 3.63) is 35.4 Å². The number of hydrogen-bond donors (Lipinski definition) is 2. The number of benzene rings is 1. The molecule has 1 aromatic rings. The van der Waals surface area contributed by atoms with Crippen LogP contribution in [0.4, 0.5) is 9.59 Å². The van der Waals surface area contributed by atoms with Crippen molar-refractivity contribution < 1.29 is 28.7 Å². The molecule has 30 heavy (non-hydrogen) atoms. The van der Waals surface area contributed by atoms with Crippen molar-refractivity contribution in [2.75, 3.05) is 52.5 Å². The zero-order valence-electron chi connectivity index (χ0n) is 17.3. The second kappa shape index (κ2) is 11.8. The van der Waals surface area contributed by atoms with Crippen molar-refractivity contribution in [1.82, 2.24) is 20.4 Å². The number of fused-ring (bicyclic) bond motifs is 1. The van der Waals surface area contributed by atoms with E-state index in [4.69, 9.17) is 9.47 Å². The van der Waals surface area contributed by atoms with Crippen molar-refractivity contribution >= 4 is 24.0 Å². The third-order valence-electron chi connectivity index (χ3n) is 4.44. The molecular weight excluding hydrogens is 392 g/mol. The van der Waals surface area contributed by atoms with Crippen LogP contribution < -0.4 is 10.6 Å². The van der Waals surface area contributed by atoms with Gasteiger partial charge in [-0.1, -0.05) is 12.1 Å². The summed E-state index contributed by atoms with van der Waals surface area (Å²) in [6.07, 6.45) is -1.03. The molecule has 1 aliphatic heterocycles. The number of nitrogens with one attached hydrogen (secondary N) is 2. The van der Waals surface area contributed by atoms with Gasteiger partial charge in [-0.3, -0.25) is 19.4 Å². The quantitative estimate of drug-likeness (QED) is 0.514. The summed E-state index contributed by atoms with van der Waals surface area (Å²) in [7, 11) is 0. The molecule has 0 aliphatic carbocycles. The van der Waals surface area contributed by atoms with Gasteiger partial charge in [0.2, 0.25) is 0 Å². The highest BCUT2D eigenvalue weighted by molar-refractivity contribution is 6.21. The first-order valence-corrected chi connectivity index (χ1v) is 9.96. The molecule has 0 bridgehead atoms. The highest BCUT2D eigenvalue weighted by Crippen LogP contribution is 2.22. The summed E-state index contributed by atoms with van der Waals surface area (Å²) in [5.74, 6) is -0.652. The van der Waals surface area contributed by atoms with Gasteiger partial charge >= 0.3 is 12.2 Å². The van der Waals surface area contributed by atoms with Gasteiger partial charge in [0.15, 0.2) is 0 Å². The van der Waals surface area contributed by atoms with E-state index in [1.807, 2.05) is 4.90 Å². The lowest BCUT2D eigenvalue weighted by atomic mass is 10.1. The Balaban J connectivity index is 1.89. The number of carbonyl (C=O) groups is 4. The summed E-state index contributed by atoms with van der Waals surface area (Å²) < 4.78 is 10.2. The van der Waals surface area contributed by atoms with Gasteiger partial charge in [0.25, 0.3) is 11.8 Å². The number of ether oxygens (including phenoxy) is 2. The predicted molar refractivity (Wildman–Crippen MR) is 108 cm³/mol. The van der Waals surface area contributed by atoms with Gasteiger partial charge < -0.3 is 20.1 Å². The van der Waals surface area contributed by atoms with Crippen LogP contribution in [0.1, 0.15) is 34.6 Å². The van der Waals surface area contributed by atoms with Gasteiger partial charge in [0.1, 0.15) is 13.2 Å². The molecule has 1 aromatic carbocycles. The Bertz CT molecular complexity index is 710. The fourth-order valence-electron chi connectivity index (χ4n) is 2.94. The average molecular weight is 420 g/mol. The second-order valence-corrected chi connectivity index (χ2v) is 6.48. The molecule has 0 aromatic heterocycles. The first-order chi connectivity index (χ1) is 14.5. The van der Waals surface area contributed by atoms with Crippen molar-refractivity contribution in [2.24, 2.45) is 0 Å².